The van der Waals surface area contributed by atoms with Crippen LogP contribution in [0.2, 0.25) is 0 Å². The van der Waals surface area contributed by atoms with Crippen molar-refractivity contribution in [1.29, 1.82) is 5.26 Å². The van der Waals surface area contributed by atoms with Gasteiger partial charge < -0.3 is 4.74 Å². The van der Waals surface area contributed by atoms with Crippen molar-refractivity contribution in [2.24, 2.45) is 0 Å². The summed E-state index contributed by atoms with van der Waals surface area (Å²) in [5.41, 5.74) is 2.62. The Hall–Kier alpha value is -2.87. The van der Waals surface area contributed by atoms with Gasteiger partial charge in [0, 0.05) is 6.07 Å². The zero-order chi connectivity index (χ0) is 15.6. The molecule has 2 aromatic rings. The van der Waals surface area contributed by atoms with Crippen LogP contribution in [0.15, 0.2) is 30.3 Å². The fraction of sp³-hybridized carbons (Fsp3) is 0.188. The molecule has 0 radical (unpaired) electrons. The van der Waals surface area contributed by atoms with Crippen LogP contribution in [-0.2, 0) is 0 Å². The first kappa shape index (κ1) is 14.5. The summed E-state index contributed by atoms with van der Waals surface area (Å²) < 4.78 is 5.67. The van der Waals surface area contributed by atoms with E-state index in [4.69, 9.17) is 10.00 Å². The van der Waals surface area contributed by atoms with Crippen LogP contribution in [0.5, 0.6) is 11.5 Å². The second kappa shape index (κ2) is 5.63. The van der Waals surface area contributed by atoms with Gasteiger partial charge >= 0.3 is 5.69 Å². The lowest BCUT2D eigenvalue weighted by atomic mass is 10.1. The number of rotatable bonds is 3. The number of nitro groups is 1. The van der Waals surface area contributed by atoms with Crippen LogP contribution in [0.4, 0.5) is 5.69 Å². The molecule has 0 unspecified atom stereocenters. The van der Waals surface area contributed by atoms with Crippen LogP contribution in [0, 0.1) is 42.2 Å². The monoisotopic (exact) mass is 282 g/mol. The Morgan fingerprint density at radius 1 is 1.14 bits per heavy atom. The molecule has 0 aromatic heterocycles. The van der Waals surface area contributed by atoms with Crippen LogP contribution in [0.25, 0.3) is 0 Å². The van der Waals surface area contributed by atoms with E-state index in [1.165, 1.54) is 6.07 Å². The van der Waals surface area contributed by atoms with Crippen LogP contribution in [0.3, 0.4) is 0 Å². The van der Waals surface area contributed by atoms with Gasteiger partial charge in [0.15, 0.2) is 0 Å². The normalized spacial score (nSPS) is 10.0. The summed E-state index contributed by atoms with van der Waals surface area (Å²) in [6.45, 7) is 5.40. The highest BCUT2D eigenvalue weighted by molar-refractivity contribution is 5.57. The first-order valence-electron chi connectivity index (χ1n) is 6.36. The molecule has 0 saturated carbocycles. The van der Waals surface area contributed by atoms with Crippen molar-refractivity contribution < 1.29 is 9.66 Å². The van der Waals surface area contributed by atoms with Crippen LogP contribution in [0.1, 0.15) is 22.3 Å². The number of hydrogen-bond acceptors (Lipinski definition) is 4. The average molecular weight is 282 g/mol. The number of nitriles is 1. The van der Waals surface area contributed by atoms with Crippen LogP contribution in [-0.4, -0.2) is 4.92 Å². The molecule has 0 aliphatic heterocycles. The number of aryl methyl sites for hydroxylation is 3. The summed E-state index contributed by atoms with van der Waals surface area (Å²) in [4.78, 5) is 10.7. The highest BCUT2D eigenvalue weighted by Crippen LogP contribution is 2.36. The third-order valence-electron chi connectivity index (χ3n) is 3.06. The molecular formula is C16H14N2O3. The van der Waals surface area contributed by atoms with Gasteiger partial charge in [-0.25, -0.2) is 0 Å². The zero-order valence-corrected chi connectivity index (χ0v) is 12.0. The van der Waals surface area contributed by atoms with Crippen LogP contribution < -0.4 is 4.74 Å². The quantitative estimate of drug-likeness (QED) is 0.625. The molecule has 0 bridgehead atoms. The summed E-state index contributed by atoms with van der Waals surface area (Å²) in [6, 6.07) is 10.4. The maximum Gasteiger partial charge on any atom is 0.312 e. The summed E-state index contributed by atoms with van der Waals surface area (Å²) in [6.07, 6.45) is 0. The molecule has 2 rings (SSSR count). The Labute approximate surface area is 122 Å². The minimum absolute atomic E-state index is 0.100. The molecule has 2 aromatic carbocycles. The molecule has 0 saturated heterocycles. The topological polar surface area (TPSA) is 76.2 Å². The average Bonchev–Trinajstić information content (AvgIpc) is 2.42. The standard InChI is InChI=1S/C16H14N2O3/c1-10-4-5-15(13(7-10)9-17)21-16-12(3)6-11(2)8-14(16)18(19)20/h4-8H,1-3H3. The Morgan fingerprint density at radius 3 is 2.48 bits per heavy atom. The molecular weight excluding hydrogens is 268 g/mol. The number of benzene rings is 2. The minimum Gasteiger partial charge on any atom is -0.448 e. The molecule has 0 spiro atoms. The van der Waals surface area contributed by atoms with Gasteiger partial charge in [-0.05, 0) is 49.6 Å². The molecule has 0 heterocycles. The van der Waals surface area contributed by atoms with Crippen molar-refractivity contribution >= 4 is 5.69 Å². The lowest BCUT2D eigenvalue weighted by molar-refractivity contribution is -0.385. The van der Waals surface area contributed by atoms with Crippen molar-refractivity contribution in [1.82, 2.24) is 0 Å². The van der Waals surface area contributed by atoms with Crippen molar-refractivity contribution in [3.05, 3.63) is 62.7 Å². The number of nitro benzene ring substituents is 1. The third-order valence-corrected chi connectivity index (χ3v) is 3.06. The smallest absolute Gasteiger partial charge is 0.312 e. The van der Waals surface area contributed by atoms with Gasteiger partial charge in [0.05, 0.1) is 10.5 Å². The van der Waals surface area contributed by atoms with E-state index >= 15 is 0 Å². The van der Waals surface area contributed by atoms with E-state index in [2.05, 4.69) is 0 Å². The zero-order valence-electron chi connectivity index (χ0n) is 12.0. The maximum absolute atomic E-state index is 11.2. The highest BCUT2D eigenvalue weighted by Gasteiger charge is 2.20. The summed E-state index contributed by atoms with van der Waals surface area (Å²) >= 11 is 0. The van der Waals surface area contributed by atoms with Gasteiger partial charge in [0.1, 0.15) is 11.8 Å². The summed E-state index contributed by atoms with van der Waals surface area (Å²) in [7, 11) is 0. The second-order valence-electron chi connectivity index (χ2n) is 4.90. The Kier molecular flexibility index (Phi) is 3.90. The van der Waals surface area contributed by atoms with Gasteiger partial charge in [-0.3, -0.25) is 10.1 Å². The van der Waals surface area contributed by atoms with E-state index in [1.807, 2.05) is 19.1 Å². The first-order chi connectivity index (χ1) is 9.92. The van der Waals surface area contributed by atoms with Crippen LogP contribution >= 0.6 is 0 Å². The Morgan fingerprint density at radius 2 is 1.86 bits per heavy atom. The lowest BCUT2D eigenvalue weighted by Gasteiger charge is -2.11. The van der Waals surface area contributed by atoms with E-state index in [-0.39, 0.29) is 11.4 Å². The molecule has 5 heteroatoms. The molecule has 0 amide bonds. The van der Waals surface area contributed by atoms with Crippen molar-refractivity contribution in [3.8, 4) is 17.6 Å². The first-order valence-corrected chi connectivity index (χ1v) is 6.36. The highest BCUT2D eigenvalue weighted by atomic mass is 16.6. The molecule has 0 atom stereocenters. The number of ether oxygens (including phenoxy) is 1. The predicted octanol–water partition coefficient (Wildman–Crippen LogP) is 4.18. The van der Waals surface area contributed by atoms with Crippen molar-refractivity contribution in [3.63, 3.8) is 0 Å². The molecule has 5 nitrogen and oxygen atoms in total. The largest absolute Gasteiger partial charge is 0.448 e. The van der Waals surface area contributed by atoms with Crippen molar-refractivity contribution in [2.45, 2.75) is 20.8 Å². The molecule has 0 aliphatic carbocycles. The Balaban J connectivity index is 2.55. The number of hydrogen-bond donors (Lipinski definition) is 0. The molecule has 0 N–H and O–H groups in total. The van der Waals surface area contributed by atoms with Gasteiger partial charge in [0.25, 0.3) is 0 Å². The summed E-state index contributed by atoms with van der Waals surface area (Å²) in [5, 5.41) is 20.3. The Bertz CT molecular complexity index is 761. The molecule has 106 valence electrons. The molecule has 21 heavy (non-hydrogen) atoms. The third kappa shape index (κ3) is 3.00. The number of nitrogens with zero attached hydrogens (tertiary/aromatic N) is 2. The van der Waals surface area contributed by atoms with E-state index < -0.39 is 4.92 Å². The van der Waals surface area contributed by atoms with Crippen molar-refractivity contribution in [2.75, 3.05) is 0 Å². The van der Waals surface area contributed by atoms with Gasteiger partial charge in [-0.2, -0.15) is 5.26 Å². The van der Waals surface area contributed by atoms with E-state index in [9.17, 15) is 10.1 Å². The SMILES string of the molecule is Cc1ccc(Oc2c(C)cc(C)cc2[N+](=O)[O-])c(C#N)c1. The molecule has 0 aliphatic rings. The van der Waals surface area contributed by atoms with E-state index in [0.29, 0.717) is 16.9 Å². The van der Waals surface area contributed by atoms with Gasteiger partial charge in [-0.15, -0.1) is 0 Å². The summed E-state index contributed by atoms with van der Waals surface area (Å²) in [5.74, 6) is 0.490. The minimum atomic E-state index is -0.477. The molecule has 0 fully saturated rings. The van der Waals surface area contributed by atoms with Gasteiger partial charge in [-0.1, -0.05) is 12.1 Å². The second-order valence-corrected chi connectivity index (χ2v) is 4.90. The lowest BCUT2D eigenvalue weighted by Crippen LogP contribution is -1.98. The fourth-order valence-corrected chi connectivity index (χ4v) is 2.13. The van der Waals surface area contributed by atoms with E-state index in [0.717, 1.165) is 11.1 Å². The van der Waals surface area contributed by atoms with E-state index in [1.54, 1.807) is 32.0 Å². The fourth-order valence-electron chi connectivity index (χ4n) is 2.13. The maximum atomic E-state index is 11.2. The predicted molar refractivity (Wildman–Crippen MR) is 78.5 cm³/mol. The van der Waals surface area contributed by atoms with Gasteiger partial charge in [0.2, 0.25) is 5.75 Å².